The average Bonchev–Trinajstić information content (AvgIpc) is 3.29. The number of fused-ring (bicyclic) bond motifs is 1. The van der Waals surface area contributed by atoms with Crippen molar-refractivity contribution < 1.29 is 23.8 Å². The third-order valence-corrected chi connectivity index (χ3v) is 4.77. The second-order valence-corrected chi connectivity index (χ2v) is 6.53. The maximum absolute atomic E-state index is 12.7. The quantitative estimate of drug-likeness (QED) is 0.308. The number of H-pyrrole nitrogens is 1. The zero-order valence-corrected chi connectivity index (χ0v) is 15.0. The third-order valence-electron chi connectivity index (χ3n) is 3.90. The highest BCUT2D eigenvalue weighted by Gasteiger charge is 2.29. The van der Waals surface area contributed by atoms with E-state index in [1.165, 1.54) is 23.6 Å². The van der Waals surface area contributed by atoms with Crippen molar-refractivity contribution in [3.63, 3.8) is 0 Å². The zero-order valence-electron chi connectivity index (χ0n) is 14.2. The summed E-state index contributed by atoms with van der Waals surface area (Å²) in [5.74, 6) is -0.741. The lowest BCUT2D eigenvalue weighted by atomic mass is 10.2. The Balaban J connectivity index is 1.59. The molecule has 136 valence electrons. The number of para-hydroxylation sites is 4. The molecule has 0 amide bonds. The molecule has 0 unspecified atom stereocenters. The molecule has 0 radical (unpaired) electrons. The highest BCUT2D eigenvalue weighted by molar-refractivity contribution is 7.99. The molecule has 2 aromatic carbocycles. The number of nitrogens with one attached hydrogen (secondary N) is 1. The predicted molar refractivity (Wildman–Crippen MR) is 95.2 cm³/mol. The number of Topliss-reactive ketones (excluding diaryl/α,β-unsaturated/α-hetero) is 1. The molecule has 8 nitrogen and oxygen atoms in total. The maximum Gasteiger partial charge on any atom is 0.307 e. The number of hydrogen-bond acceptors (Lipinski definition) is 7. The van der Waals surface area contributed by atoms with Crippen LogP contribution in [0.5, 0.6) is 11.7 Å². The first-order valence-electron chi connectivity index (χ1n) is 8.00. The summed E-state index contributed by atoms with van der Waals surface area (Å²) in [6.45, 7) is 0. The number of hydrogen-bond donors (Lipinski definition) is 1. The Morgan fingerprint density at radius 1 is 1.26 bits per heavy atom. The number of carbonyl (C=O) groups is 1. The van der Waals surface area contributed by atoms with Crippen molar-refractivity contribution in [1.29, 1.82) is 0 Å². The molecule has 0 spiro atoms. The van der Waals surface area contributed by atoms with E-state index in [1.54, 1.807) is 24.3 Å². The molecule has 0 saturated carbocycles. The fourth-order valence-corrected chi connectivity index (χ4v) is 3.40. The van der Waals surface area contributed by atoms with Gasteiger partial charge in [0.15, 0.2) is 16.9 Å². The molecule has 0 fully saturated rings. The van der Waals surface area contributed by atoms with E-state index in [2.05, 4.69) is 15.2 Å². The lowest BCUT2D eigenvalue weighted by Crippen LogP contribution is -2.39. The number of aromatic nitrogens is 4. The molecule has 0 atom stereocenters. The van der Waals surface area contributed by atoms with Gasteiger partial charge >= 0.3 is 5.69 Å². The SMILES string of the molecule is COc1ccccc1-[n+]1noc([O-])c1C(=O)CSc1nc2ccccc2[nH]1. The number of carbonyl (C=O) groups excluding carboxylic acids is 1. The monoisotopic (exact) mass is 382 g/mol. The molecule has 27 heavy (non-hydrogen) atoms. The number of ketones is 1. The first kappa shape index (κ1) is 17.1. The van der Waals surface area contributed by atoms with E-state index >= 15 is 0 Å². The Kier molecular flexibility index (Phi) is 4.51. The van der Waals surface area contributed by atoms with Gasteiger partial charge in [0.25, 0.3) is 5.69 Å². The van der Waals surface area contributed by atoms with Crippen molar-refractivity contribution in [2.75, 3.05) is 12.9 Å². The zero-order chi connectivity index (χ0) is 18.8. The van der Waals surface area contributed by atoms with Crippen LogP contribution in [0.4, 0.5) is 0 Å². The summed E-state index contributed by atoms with van der Waals surface area (Å²) in [6, 6.07) is 14.5. The van der Waals surface area contributed by atoms with Crippen LogP contribution in [0, 0.1) is 0 Å². The van der Waals surface area contributed by atoms with Crippen LogP contribution in [0.15, 0.2) is 58.2 Å². The molecule has 2 heterocycles. The number of nitrogens with zero attached hydrogens (tertiary/aromatic N) is 3. The fourth-order valence-electron chi connectivity index (χ4n) is 2.65. The van der Waals surface area contributed by atoms with E-state index in [0.717, 1.165) is 11.0 Å². The van der Waals surface area contributed by atoms with Crippen LogP contribution >= 0.6 is 11.8 Å². The minimum absolute atomic E-state index is 0.00538. The second-order valence-electron chi connectivity index (χ2n) is 5.56. The van der Waals surface area contributed by atoms with E-state index < -0.39 is 11.7 Å². The molecular formula is C18H14N4O4S. The van der Waals surface area contributed by atoms with Crippen molar-refractivity contribution in [3.8, 4) is 17.4 Å². The van der Waals surface area contributed by atoms with Crippen LogP contribution in [0.2, 0.25) is 0 Å². The molecule has 4 rings (SSSR count). The largest absolute Gasteiger partial charge is 0.539 e. The van der Waals surface area contributed by atoms with Gasteiger partial charge in [-0.15, -0.1) is 0 Å². The first-order chi connectivity index (χ1) is 13.2. The number of ether oxygens (including phenoxy) is 1. The van der Waals surface area contributed by atoms with Crippen molar-refractivity contribution in [2.45, 2.75) is 5.16 Å². The highest BCUT2D eigenvalue weighted by Crippen LogP contribution is 2.23. The van der Waals surface area contributed by atoms with Crippen molar-refractivity contribution in [3.05, 3.63) is 54.2 Å². The third kappa shape index (κ3) is 3.24. The van der Waals surface area contributed by atoms with Gasteiger partial charge in [-0.05, 0) is 22.9 Å². The minimum atomic E-state index is -0.795. The molecule has 0 bridgehead atoms. The van der Waals surface area contributed by atoms with Gasteiger partial charge in [-0.2, -0.15) is 0 Å². The van der Waals surface area contributed by atoms with Gasteiger partial charge in [-0.1, -0.05) is 36.0 Å². The normalized spacial score (nSPS) is 11.0. The summed E-state index contributed by atoms with van der Waals surface area (Å²) in [7, 11) is 1.50. The number of aromatic amines is 1. The summed E-state index contributed by atoms with van der Waals surface area (Å²) in [5.41, 5.74) is 1.98. The van der Waals surface area contributed by atoms with E-state index in [0.29, 0.717) is 16.6 Å². The van der Waals surface area contributed by atoms with Crippen molar-refractivity contribution in [1.82, 2.24) is 15.2 Å². The van der Waals surface area contributed by atoms with Crippen LogP contribution in [0.3, 0.4) is 0 Å². The van der Waals surface area contributed by atoms with Gasteiger partial charge in [0.2, 0.25) is 5.78 Å². The van der Waals surface area contributed by atoms with Crippen LogP contribution in [0.1, 0.15) is 10.5 Å². The van der Waals surface area contributed by atoms with Crippen LogP contribution in [-0.4, -0.2) is 33.9 Å². The molecule has 4 aromatic rings. The molecule has 0 aliphatic carbocycles. The standard InChI is InChI=1S/C18H14N4O4S/c1-25-15-9-5-4-8-13(15)22-16(17(24)26-21-22)14(23)10-27-18-19-11-6-2-3-7-12(11)20-18/h2-9H,10H2,1H3,(H-,19,20,21,23,24). The Morgan fingerprint density at radius 3 is 2.85 bits per heavy atom. The number of benzene rings is 2. The van der Waals surface area contributed by atoms with E-state index in [9.17, 15) is 9.90 Å². The number of imidazole rings is 1. The predicted octanol–water partition coefficient (Wildman–Crippen LogP) is 1.88. The smallest absolute Gasteiger partial charge is 0.307 e. The van der Waals surface area contributed by atoms with E-state index in [-0.39, 0.29) is 11.4 Å². The Morgan fingerprint density at radius 2 is 2.04 bits per heavy atom. The van der Waals surface area contributed by atoms with Gasteiger partial charge < -0.3 is 19.4 Å². The van der Waals surface area contributed by atoms with Crippen molar-refractivity contribution >= 4 is 28.6 Å². The molecular weight excluding hydrogens is 368 g/mol. The molecule has 2 aromatic heterocycles. The molecule has 0 aliphatic heterocycles. The number of thioether (sulfide) groups is 1. The number of rotatable bonds is 6. The summed E-state index contributed by atoms with van der Waals surface area (Å²) < 4.78 is 11.2. The van der Waals surface area contributed by atoms with E-state index in [1.807, 2.05) is 24.3 Å². The first-order valence-corrected chi connectivity index (χ1v) is 8.99. The van der Waals surface area contributed by atoms with Gasteiger partial charge in [-0.25, -0.2) is 4.98 Å². The number of methoxy groups -OCH3 is 1. The maximum atomic E-state index is 12.7. The lowest BCUT2D eigenvalue weighted by Gasteiger charge is -2.01. The summed E-state index contributed by atoms with van der Waals surface area (Å²) in [5, 5.41) is 16.4. The summed E-state index contributed by atoms with van der Waals surface area (Å²) >= 11 is 1.21. The van der Waals surface area contributed by atoms with Gasteiger partial charge in [0.05, 0.1) is 29.2 Å². The Hall–Kier alpha value is -3.33. The van der Waals surface area contributed by atoms with Gasteiger partial charge in [0.1, 0.15) is 0 Å². The second kappa shape index (κ2) is 7.12. The molecule has 9 heteroatoms. The highest BCUT2D eigenvalue weighted by atomic mass is 32.2. The van der Waals surface area contributed by atoms with E-state index in [4.69, 9.17) is 9.26 Å². The molecule has 1 N–H and O–H groups in total. The average molecular weight is 382 g/mol. The van der Waals surface area contributed by atoms with Crippen LogP contribution in [-0.2, 0) is 0 Å². The fraction of sp³-hybridized carbons (Fsp3) is 0.111. The van der Waals surface area contributed by atoms with Gasteiger partial charge in [-0.3, -0.25) is 4.79 Å². The Labute approximate surface area is 157 Å². The summed E-state index contributed by atoms with van der Waals surface area (Å²) in [6.07, 6.45) is 0. The lowest BCUT2D eigenvalue weighted by molar-refractivity contribution is -0.672. The topological polar surface area (TPSA) is 108 Å². The van der Waals surface area contributed by atoms with Crippen LogP contribution < -0.4 is 14.5 Å². The molecule has 0 aliphatic rings. The van der Waals surface area contributed by atoms with Crippen molar-refractivity contribution in [2.24, 2.45) is 0 Å². The van der Waals surface area contributed by atoms with Gasteiger partial charge in [0, 0.05) is 6.07 Å². The molecule has 0 saturated heterocycles. The van der Waals surface area contributed by atoms with Crippen LogP contribution in [0.25, 0.3) is 16.7 Å². The Bertz CT molecular complexity index is 1090. The summed E-state index contributed by atoms with van der Waals surface area (Å²) in [4.78, 5) is 20.2. The minimum Gasteiger partial charge on any atom is -0.539 e.